The van der Waals surface area contributed by atoms with Gasteiger partial charge in [0.2, 0.25) is 0 Å². The Hall–Kier alpha value is -0.170. The Morgan fingerprint density at radius 1 is 0.692 bits per heavy atom. The van der Waals surface area contributed by atoms with Crippen LogP contribution in [0.15, 0.2) is 24.3 Å². The van der Waals surface area contributed by atoms with E-state index in [-0.39, 0.29) is 0 Å². The molecular formula is C12H14S. The highest BCUT2D eigenvalue weighted by molar-refractivity contribution is 7.99. The zero-order chi connectivity index (χ0) is 8.41. The van der Waals surface area contributed by atoms with Gasteiger partial charge in [-0.3, -0.25) is 0 Å². The topological polar surface area (TPSA) is 0 Å². The maximum atomic E-state index is 2.53. The van der Waals surface area contributed by atoms with Gasteiger partial charge in [-0.2, -0.15) is 11.8 Å². The minimum atomic E-state index is 0.917. The van der Waals surface area contributed by atoms with Crippen molar-refractivity contribution in [3.05, 3.63) is 24.3 Å². The van der Waals surface area contributed by atoms with E-state index in [0.29, 0.717) is 0 Å². The molecule has 68 valence electrons. The Bertz CT molecular complexity index is 276. The molecule has 4 aliphatic carbocycles. The minimum absolute atomic E-state index is 0.917. The van der Waals surface area contributed by atoms with Crippen molar-refractivity contribution in [3.8, 4) is 0 Å². The third-order valence-electron chi connectivity index (χ3n) is 4.60. The summed E-state index contributed by atoms with van der Waals surface area (Å²) in [7, 11) is 0. The van der Waals surface area contributed by atoms with E-state index in [1.807, 2.05) is 0 Å². The first-order valence-electron chi connectivity index (χ1n) is 5.39. The summed E-state index contributed by atoms with van der Waals surface area (Å²) in [4.78, 5) is 0. The van der Waals surface area contributed by atoms with Crippen molar-refractivity contribution in [1.29, 1.82) is 0 Å². The van der Waals surface area contributed by atoms with Crippen LogP contribution in [0.5, 0.6) is 0 Å². The van der Waals surface area contributed by atoms with Crippen LogP contribution in [0.4, 0.5) is 0 Å². The molecule has 6 atom stereocenters. The Morgan fingerprint density at radius 2 is 1.15 bits per heavy atom. The van der Waals surface area contributed by atoms with Crippen molar-refractivity contribution in [3.63, 3.8) is 0 Å². The van der Waals surface area contributed by atoms with Crippen LogP contribution in [0, 0.1) is 35.5 Å². The largest absolute Gasteiger partial charge is 0.161 e. The average Bonchev–Trinajstić information content (AvgIpc) is 2.53. The van der Waals surface area contributed by atoms with E-state index in [2.05, 4.69) is 36.1 Å². The first-order valence-corrected chi connectivity index (χ1v) is 6.55. The molecule has 0 radical (unpaired) electrons. The Kier molecular flexibility index (Phi) is 1.24. The summed E-state index contributed by atoms with van der Waals surface area (Å²) in [5.74, 6) is 8.66. The predicted molar refractivity (Wildman–Crippen MR) is 56.5 cm³/mol. The number of rotatable bonds is 0. The third kappa shape index (κ3) is 0.721. The average molecular weight is 190 g/mol. The maximum Gasteiger partial charge on any atom is -0.00300 e. The number of allylic oxidation sites excluding steroid dienone is 4. The van der Waals surface area contributed by atoms with E-state index < -0.39 is 0 Å². The fourth-order valence-corrected chi connectivity index (χ4v) is 5.51. The molecule has 1 aliphatic heterocycles. The second kappa shape index (κ2) is 2.25. The van der Waals surface area contributed by atoms with E-state index in [9.17, 15) is 0 Å². The van der Waals surface area contributed by atoms with Crippen molar-refractivity contribution in [1.82, 2.24) is 0 Å². The van der Waals surface area contributed by atoms with E-state index in [1.54, 1.807) is 0 Å². The Labute approximate surface area is 83.5 Å². The molecule has 0 aromatic rings. The predicted octanol–water partition coefficient (Wildman–Crippen LogP) is 2.58. The zero-order valence-corrected chi connectivity index (χ0v) is 8.41. The molecule has 5 rings (SSSR count). The number of hydrogen-bond donors (Lipinski definition) is 0. The highest BCUT2D eigenvalue weighted by Gasteiger charge is 2.53. The van der Waals surface area contributed by atoms with Crippen LogP contribution in [-0.2, 0) is 0 Å². The number of thioether (sulfide) groups is 1. The molecule has 0 unspecified atom stereocenters. The van der Waals surface area contributed by atoms with E-state index >= 15 is 0 Å². The van der Waals surface area contributed by atoms with Gasteiger partial charge < -0.3 is 0 Å². The van der Waals surface area contributed by atoms with Crippen LogP contribution >= 0.6 is 11.8 Å². The van der Waals surface area contributed by atoms with Gasteiger partial charge in [-0.05, 0) is 47.0 Å². The fraction of sp³-hybridized carbons (Fsp3) is 0.667. The van der Waals surface area contributed by atoms with Crippen LogP contribution in [0.3, 0.4) is 0 Å². The molecule has 1 heterocycles. The molecule has 1 saturated carbocycles. The summed E-state index contributed by atoms with van der Waals surface area (Å²) in [6, 6.07) is 0. The van der Waals surface area contributed by atoms with Crippen molar-refractivity contribution in [2.75, 3.05) is 11.5 Å². The molecule has 0 aromatic heterocycles. The monoisotopic (exact) mass is 190 g/mol. The van der Waals surface area contributed by atoms with Gasteiger partial charge in [-0.25, -0.2) is 0 Å². The minimum Gasteiger partial charge on any atom is -0.161 e. The van der Waals surface area contributed by atoms with Crippen LogP contribution in [0.1, 0.15) is 0 Å². The van der Waals surface area contributed by atoms with Crippen LogP contribution in [0.25, 0.3) is 0 Å². The Morgan fingerprint density at radius 3 is 1.62 bits per heavy atom. The second-order valence-corrected chi connectivity index (χ2v) is 6.02. The molecule has 0 amide bonds. The molecule has 1 saturated heterocycles. The quantitative estimate of drug-likeness (QED) is 0.529. The van der Waals surface area contributed by atoms with Gasteiger partial charge in [0.15, 0.2) is 0 Å². The van der Waals surface area contributed by atoms with Crippen molar-refractivity contribution >= 4 is 11.8 Å². The molecule has 0 N–H and O–H groups in total. The Balaban J connectivity index is 1.83. The van der Waals surface area contributed by atoms with Gasteiger partial charge in [-0.1, -0.05) is 24.3 Å². The van der Waals surface area contributed by atoms with Crippen molar-refractivity contribution in [2.45, 2.75) is 0 Å². The summed E-state index contributed by atoms with van der Waals surface area (Å²) < 4.78 is 0. The highest BCUT2D eigenvalue weighted by atomic mass is 32.2. The van der Waals surface area contributed by atoms with Gasteiger partial charge in [0, 0.05) is 0 Å². The molecule has 13 heavy (non-hydrogen) atoms. The van der Waals surface area contributed by atoms with Gasteiger partial charge in [-0.15, -0.1) is 0 Å². The SMILES string of the molecule is C1=C[C@H]2[C@H]1[C@H]1C=C[C@H]2[C@H]2CSC[C@H]12. The van der Waals surface area contributed by atoms with Crippen molar-refractivity contribution < 1.29 is 0 Å². The zero-order valence-electron chi connectivity index (χ0n) is 7.60. The first-order chi connectivity index (χ1) is 6.45. The summed E-state index contributed by atoms with van der Waals surface area (Å²) in [6.07, 6.45) is 9.99. The standard InChI is InChI=1S/C12H14S/c1-2-8-7(1)9-3-4-10(8)12-6-13-5-11(9)12/h1-4,7-12H,5-6H2/t7-,8-,9+,10+,11+,12+/m0/s1. The summed E-state index contributed by atoms with van der Waals surface area (Å²) in [5.41, 5.74) is 0. The third-order valence-corrected chi connectivity index (χ3v) is 5.84. The van der Waals surface area contributed by atoms with Gasteiger partial charge >= 0.3 is 0 Å². The van der Waals surface area contributed by atoms with Crippen LogP contribution < -0.4 is 0 Å². The van der Waals surface area contributed by atoms with Gasteiger partial charge in [0.1, 0.15) is 0 Å². The lowest BCUT2D eigenvalue weighted by Crippen LogP contribution is -2.49. The molecule has 0 spiro atoms. The summed E-state index contributed by atoms with van der Waals surface area (Å²) in [6.45, 7) is 0. The smallest absolute Gasteiger partial charge is 0.00300 e. The van der Waals surface area contributed by atoms with Crippen LogP contribution in [-0.4, -0.2) is 11.5 Å². The molecule has 1 heteroatoms. The number of hydrogen-bond acceptors (Lipinski definition) is 1. The fourth-order valence-electron chi connectivity index (χ4n) is 3.89. The van der Waals surface area contributed by atoms with Crippen molar-refractivity contribution in [2.24, 2.45) is 35.5 Å². The molecule has 0 aromatic carbocycles. The molecule has 0 nitrogen and oxygen atoms in total. The normalized spacial score (nSPS) is 60.3. The van der Waals surface area contributed by atoms with Gasteiger partial charge in [0.05, 0.1) is 0 Å². The first kappa shape index (κ1) is 7.17. The highest BCUT2D eigenvalue weighted by Crippen LogP contribution is 2.59. The lowest BCUT2D eigenvalue weighted by atomic mass is 9.50. The summed E-state index contributed by atoms with van der Waals surface area (Å²) >= 11 is 2.19. The maximum absolute atomic E-state index is 2.53. The van der Waals surface area contributed by atoms with E-state index in [1.165, 1.54) is 11.5 Å². The second-order valence-electron chi connectivity index (χ2n) is 4.94. The lowest BCUT2D eigenvalue weighted by Gasteiger charge is -2.53. The molecule has 2 bridgehead atoms. The van der Waals surface area contributed by atoms with Gasteiger partial charge in [0.25, 0.3) is 0 Å². The molecule has 2 fully saturated rings. The summed E-state index contributed by atoms with van der Waals surface area (Å²) in [5, 5.41) is 0. The van der Waals surface area contributed by atoms with E-state index in [0.717, 1.165) is 35.5 Å². The van der Waals surface area contributed by atoms with Crippen LogP contribution in [0.2, 0.25) is 0 Å². The molecular weight excluding hydrogens is 176 g/mol. The molecule has 5 aliphatic rings. The lowest BCUT2D eigenvalue weighted by molar-refractivity contribution is 0.0672. The van der Waals surface area contributed by atoms with E-state index in [4.69, 9.17) is 0 Å².